The first-order valence-electron chi connectivity index (χ1n) is 4.92. The topological polar surface area (TPSA) is 50.9 Å². The third kappa shape index (κ3) is 2.24. The molecule has 0 aliphatic rings. The van der Waals surface area contributed by atoms with Gasteiger partial charge in [-0.2, -0.15) is 5.10 Å². The van der Waals surface area contributed by atoms with Crippen LogP contribution in [0.5, 0.6) is 0 Å². The molecule has 15 heavy (non-hydrogen) atoms. The van der Waals surface area contributed by atoms with E-state index in [1.165, 1.54) is 11.3 Å². The maximum Gasteiger partial charge on any atom is 0.126 e. The highest BCUT2D eigenvalue weighted by Crippen LogP contribution is 2.24. The summed E-state index contributed by atoms with van der Waals surface area (Å²) in [6.07, 6.45) is 6.58. The predicted octanol–water partition coefficient (Wildman–Crippen LogP) is 1.91. The van der Waals surface area contributed by atoms with Crippen molar-refractivity contribution in [1.29, 1.82) is 0 Å². The van der Waals surface area contributed by atoms with E-state index < -0.39 is 0 Å². The van der Waals surface area contributed by atoms with Gasteiger partial charge in [-0.05, 0) is 6.42 Å². The molecular weight excluding hydrogens is 210 g/mol. The van der Waals surface area contributed by atoms with Gasteiger partial charge in [-0.15, -0.1) is 11.3 Å². The molecule has 2 aromatic heterocycles. The Balaban J connectivity index is 2.21. The van der Waals surface area contributed by atoms with Crippen molar-refractivity contribution in [2.24, 2.45) is 0 Å². The Morgan fingerprint density at radius 1 is 1.47 bits per heavy atom. The highest BCUT2D eigenvalue weighted by Gasteiger charge is 2.06. The maximum absolute atomic E-state index is 8.94. The Labute approximate surface area is 92.2 Å². The molecule has 0 fully saturated rings. The number of aliphatic hydroxyl groups is 1. The summed E-state index contributed by atoms with van der Waals surface area (Å²) in [6.45, 7) is 3.10. The van der Waals surface area contributed by atoms with E-state index in [2.05, 4.69) is 17.0 Å². The summed E-state index contributed by atoms with van der Waals surface area (Å²) in [5.74, 6) is 0. The van der Waals surface area contributed by atoms with Gasteiger partial charge in [-0.1, -0.05) is 6.92 Å². The highest BCUT2D eigenvalue weighted by atomic mass is 32.1. The van der Waals surface area contributed by atoms with Gasteiger partial charge in [0.2, 0.25) is 0 Å². The molecule has 0 radical (unpaired) electrons. The number of aliphatic hydroxyl groups excluding tert-OH is 1. The number of rotatable bonds is 4. The Kier molecular flexibility index (Phi) is 3.13. The lowest BCUT2D eigenvalue weighted by Crippen LogP contribution is -1.95. The summed E-state index contributed by atoms with van der Waals surface area (Å²) in [7, 11) is 0. The van der Waals surface area contributed by atoms with Crippen molar-refractivity contribution in [3.8, 4) is 10.6 Å². The third-order valence-corrected chi connectivity index (χ3v) is 3.07. The van der Waals surface area contributed by atoms with Gasteiger partial charge in [0.1, 0.15) is 5.01 Å². The fourth-order valence-electron chi connectivity index (χ4n) is 1.34. The number of hydrogen-bond donors (Lipinski definition) is 1. The zero-order valence-corrected chi connectivity index (χ0v) is 9.37. The van der Waals surface area contributed by atoms with E-state index in [0.29, 0.717) is 0 Å². The zero-order valence-electron chi connectivity index (χ0n) is 8.55. The number of aromatic nitrogens is 3. The number of aryl methyl sites for hydroxylation is 1. The molecule has 2 rings (SSSR count). The molecule has 0 aliphatic carbocycles. The van der Waals surface area contributed by atoms with E-state index in [-0.39, 0.29) is 6.61 Å². The average molecular weight is 223 g/mol. The molecule has 4 nitrogen and oxygen atoms in total. The van der Waals surface area contributed by atoms with Gasteiger partial charge >= 0.3 is 0 Å². The molecule has 0 aromatic carbocycles. The second-order valence-corrected chi connectivity index (χ2v) is 4.40. The molecular formula is C10H13N3OS. The Bertz CT molecular complexity index is 435. The molecule has 0 unspecified atom stereocenters. The molecule has 80 valence electrons. The molecule has 0 saturated carbocycles. The number of hydrogen-bond acceptors (Lipinski definition) is 4. The quantitative estimate of drug-likeness (QED) is 0.861. The number of nitrogens with zero attached hydrogens (tertiary/aromatic N) is 3. The van der Waals surface area contributed by atoms with Crippen LogP contribution in [0.1, 0.15) is 18.2 Å². The summed E-state index contributed by atoms with van der Waals surface area (Å²) < 4.78 is 1.91. The average Bonchev–Trinajstić information content (AvgIpc) is 2.85. The van der Waals surface area contributed by atoms with Crippen LogP contribution in [0, 0.1) is 0 Å². The van der Waals surface area contributed by atoms with Crippen LogP contribution in [0.3, 0.4) is 0 Å². The zero-order chi connectivity index (χ0) is 10.7. The summed E-state index contributed by atoms with van der Waals surface area (Å²) >= 11 is 1.50. The van der Waals surface area contributed by atoms with Crippen molar-refractivity contribution in [2.75, 3.05) is 0 Å². The minimum absolute atomic E-state index is 0.0563. The maximum atomic E-state index is 8.94. The molecule has 0 bridgehead atoms. The van der Waals surface area contributed by atoms with Crippen molar-refractivity contribution >= 4 is 11.3 Å². The first-order valence-corrected chi connectivity index (χ1v) is 5.73. The van der Waals surface area contributed by atoms with Crippen molar-refractivity contribution in [1.82, 2.24) is 14.8 Å². The molecule has 0 saturated heterocycles. The minimum atomic E-state index is 0.0563. The summed E-state index contributed by atoms with van der Waals surface area (Å²) in [4.78, 5) is 5.12. The SMILES string of the molecule is CCCn1cc(-c2ncc(CO)s2)cn1. The molecule has 2 aromatic rings. The van der Waals surface area contributed by atoms with Crippen LogP contribution in [0.4, 0.5) is 0 Å². The summed E-state index contributed by atoms with van der Waals surface area (Å²) in [5.41, 5.74) is 1.02. The van der Waals surface area contributed by atoms with Crippen LogP contribution in [-0.2, 0) is 13.2 Å². The standard InChI is InChI=1S/C10H13N3OS/c1-2-3-13-6-8(4-12-13)10-11-5-9(7-14)15-10/h4-6,14H,2-3,7H2,1H3. The van der Waals surface area contributed by atoms with Crippen LogP contribution in [0.2, 0.25) is 0 Å². The van der Waals surface area contributed by atoms with E-state index >= 15 is 0 Å². The van der Waals surface area contributed by atoms with Crippen molar-refractivity contribution in [3.63, 3.8) is 0 Å². The van der Waals surface area contributed by atoms with Crippen LogP contribution in [0.15, 0.2) is 18.6 Å². The molecule has 0 spiro atoms. The Morgan fingerprint density at radius 2 is 2.33 bits per heavy atom. The van der Waals surface area contributed by atoms with E-state index in [4.69, 9.17) is 5.11 Å². The van der Waals surface area contributed by atoms with Crippen LogP contribution in [-0.4, -0.2) is 19.9 Å². The summed E-state index contributed by atoms with van der Waals surface area (Å²) in [5, 5.41) is 14.1. The highest BCUT2D eigenvalue weighted by molar-refractivity contribution is 7.15. The van der Waals surface area contributed by atoms with Gasteiger partial charge < -0.3 is 5.11 Å². The lowest BCUT2D eigenvalue weighted by molar-refractivity contribution is 0.285. The van der Waals surface area contributed by atoms with Gasteiger partial charge in [0.05, 0.1) is 17.7 Å². The van der Waals surface area contributed by atoms with E-state index in [0.717, 1.165) is 28.4 Å². The van der Waals surface area contributed by atoms with Gasteiger partial charge in [0.15, 0.2) is 0 Å². The normalized spacial score (nSPS) is 10.8. The molecule has 0 amide bonds. The van der Waals surface area contributed by atoms with E-state index in [9.17, 15) is 0 Å². The van der Waals surface area contributed by atoms with Crippen molar-refractivity contribution in [3.05, 3.63) is 23.5 Å². The monoisotopic (exact) mass is 223 g/mol. The second-order valence-electron chi connectivity index (χ2n) is 3.28. The van der Waals surface area contributed by atoms with Crippen LogP contribution in [0.25, 0.3) is 10.6 Å². The lowest BCUT2D eigenvalue weighted by atomic mass is 10.4. The van der Waals surface area contributed by atoms with Gasteiger partial charge in [-0.25, -0.2) is 4.98 Å². The molecule has 2 heterocycles. The first-order chi connectivity index (χ1) is 7.33. The van der Waals surface area contributed by atoms with Crippen LogP contribution >= 0.6 is 11.3 Å². The van der Waals surface area contributed by atoms with Crippen LogP contribution < -0.4 is 0 Å². The van der Waals surface area contributed by atoms with E-state index in [1.807, 2.05) is 17.1 Å². The summed E-state index contributed by atoms with van der Waals surface area (Å²) in [6, 6.07) is 0. The second kappa shape index (κ2) is 4.55. The van der Waals surface area contributed by atoms with Crippen molar-refractivity contribution in [2.45, 2.75) is 26.5 Å². The van der Waals surface area contributed by atoms with Gasteiger partial charge in [0, 0.05) is 24.5 Å². The minimum Gasteiger partial charge on any atom is -0.391 e. The van der Waals surface area contributed by atoms with Gasteiger partial charge in [-0.3, -0.25) is 4.68 Å². The fourth-order valence-corrected chi connectivity index (χ4v) is 2.09. The lowest BCUT2D eigenvalue weighted by Gasteiger charge is -1.94. The molecule has 5 heteroatoms. The third-order valence-electron chi connectivity index (χ3n) is 2.04. The largest absolute Gasteiger partial charge is 0.391 e. The molecule has 0 aliphatic heterocycles. The van der Waals surface area contributed by atoms with Crippen molar-refractivity contribution < 1.29 is 5.11 Å². The van der Waals surface area contributed by atoms with Gasteiger partial charge in [0.25, 0.3) is 0 Å². The fraction of sp³-hybridized carbons (Fsp3) is 0.400. The smallest absolute Gasteiger partial charge is 0.126 e. The number of thiazole rings is 1. The first kappa shape index (κ1) is 10.3. The molecule has 0 atom stereocenters. The Morgan fingerprint density at radius 3 is 3.00 bits per heavy atom. The predicted molar refractivity (Wildman–Crippen MR) is 59.5 cm³/mol. The Hall–Kier alpha value is -1.20. The molecule has 1 N–H and O–H groups in total. The van der Waals surface area contributed by atoms with E-state index in [1.54, 1.807) is 6.20 Å².